The molecule has 0 bridgehead atoms. The molecule has 0 unspecified atom stereocenters. The van der Waals surface area contributed by atoms with Crippen molar-refractivity contribution in [3.05, 3.63) is 60.7 Å². The summed E-state index contributed by atoms with van der Waals surface area (Å²) in [6.45, 7) is 15.9. The molecule has 0 amide bonds. The monoisotopic (exact) mass is 457 g/mol. The molecule has 5 heteroatoms. The first kappa shape index (κ1) is 24.5. The van der Waals surface area contributed by atoms with Crippen LogP contribution in [0.4, 0.5) is 0 Å². The van der Waals surface area contributed by atoms with E-state index in [2.05, 4.69) is 93.1 Å². The van der Waals surface area contributed by atoms with Crippen LogP contribution in [0.3, 0.4) is 0 Å². The van der Waals surface area contributed by atoms with Crippen LogP contribution in [0.15, 0.2) is 60.7 Å². The fraction of sp³-hybridized carbons (Fsp3) is 0.538. The number of rotatable bonds is 8. The lowest BCUT2D eigenvalue weighted by atomic mass is 10.2. The molecule has 0 aromatic heterocycles. The van der Waals surface area contributed by atoms with Gasteiger partial charge in [0.05, 0.1) is 6.04 Å². The summed E-state index contributed by atoms with van der Waals surface area (Å²) in [5.74, 6) is 1.03. The molecule has 3 nitrogen and oxygen atoms in total. The van der Waals surface area contributed by atoms with Crippen molar-refractivity contribution in [1.29, 1.82) is 0 Å². The quantitative estimate of drug-likeness (QED) is 0.464. The molecule has 1 N–H and O–H groups in total. The van der Waals surface area contributed by atoms with E-state index in [1.54, 1.807) is 0 Å². The van der Waals surface area contributed by atoms with Crippen molar-refractivity contribution in [2.45, 2.75) is 70.7 Å². The van der Waals surface area contributed by atoms with Crippen LogP contribution in [-0.2, 0) is 15.8 Å². The highest BCUT2D eigenvalue weighted by molar-refractivity contribution is 7.90. The Bertz CT molecular complexity index is 792. The maximum atomic E-state index is 12.5. The molecular weight excluding hydrogens is 418 g/mol. The van der Waals surface area contributed by atoms with E-state index in [1.807, 2.05) is 20.8 Å². The highest BCUT2D eigenvalue weighted by atomic mass is 32.2. The SMILES string of the molecule is C[C@H](N[S@+]([O-])C(C)(C)C)[C@@H]1C[C@H]1CO[Si](c1ccccc1)(c1ccccc1)C(C)(C)C. The van der Waals surface area contributed by atoms with Gasteiger partial charge >= 0.3 is 0 Å². The second-order valence-corrected chi connectivity index (χ2v) is 17.2. The molecule has 0 spiro atoms. The van der Waals surface area contributed by atoms with Gasteiger partial charge in [-0.05, 0) is 61.4 Å². The van der Waals surface area contributed by atoms with Gasteiger partial charge in [0, 0.05) is 18.0 Å². The molecule has 2 aromatic carbocycles. The van der Waals surface area contributed by atoms with E-state index >= 15 is 0 Å². The van der Waals surface area contributed by atoms with Crippen molar-refractivity contribution in [3.8, 4) is 0 Å². The van der Waals surface area contributed by atoms with Crippen LogP contribution >= 0.6 is 0 Å². The standard InChI is InChI=1S/C26H39NO2SSi/c1-20(27-30(28)25(2,3)4)24-18-21(24)19-29-31(26(5,6)7,22-14-10-8-11-15-22)23-16-12-9-13-17-23/h8-17,20-21,24,27H,18-19H2,1-7H3/t20-,21-,24-,30+/m0/s1. The highest BCUT2D eigenvalue weighted by Crippen LogP contribution is 2.44. The maximum absolute atomic E-state index is 12.5. The van der Waals surface area contributed by atoms with Crippen LogP contribution in [0.2, 0.25) is 5.04 Å². The molecule has 0 heterocycles. The Morgan fingerprint density at radius 2 is 1.45 bits per heavy atom. The predicted octanol–water partition coefficient (Wildman–Crippen LogP) is 4.64. The number of hydrogen-bond donors (Lipinski definition) is 1. The summed E-state index contributed by atoms with van der Waals surface area (Å²) in [7, 11) is -2.48. The summed E-state index contributed by atoms with van der Waals surface area (Å²) < 4.78 is 22.7. The smallest absolute Gasteiger partial charge is 0.261 e. The van der Waals surface area contributed by atoms with E-state index in [9.17, 15) is 4.55 Å². The molecule has 4 atom stereocenters. The predicted molar refractivity (Wildman–Crippen MR) is 136 cm³/mol. The molecule has 31 heavy (non-hydrogen) atoms. The third-order valence-electron chi connectivity index (χ3n) is 6.40. The van der Waals surface area contributed by atoms with Crippen LogP contribution in [0.5, 0.6) is 0 Å². The van der Waals surface area contributed by atoms with Crippen LogP contribution in [0.25, 0.3) is 0 Å². The van der Waals surface area contributed by atoms with Gasteiger partial charge in [-0.3, -0.25) is 0 Å². The molecule has 3 rings (SSSR count). The third-order valence-corrected chi connectivity index (χ3v) is 13.1. The lowest BCUT2D eigenvalue weighted by Gasteiger charge is -2.43. The first-order valence-electron chi connectivity index (χ1n) is 11.4. The van der Waals surface area contributed by atoms with Gasteiger partial charge in [0.15, 0.2) is 0 Å². The van der Waals surface area contributed by atoms with Gasteiger partial charge in [-0.25, -0.2) is 0 Å². The minimum absolute atomic E-state index is 0.00229. The summed E-state index contributed by atoms with van der Waals surface area (Å²) in [5.41, 5.74) is 0. The number of nitrogens with one attached hydrogen (secondary N) is 1. The van der Waals surface area contributed by atoms with Crippen LogP contribution in [0, 0.1) is 11.8 Å². The molecule has 0 aliphatic heterocycles. The summed E-state index contributed by atoms with van der Waals surface area (Å²) >= 11 is -1.04. The lowest BCUT2D eigenvalue weighted by Crippen LogP contribution is -2.66. The zero-order valence-electron chi connectivity index (χ0n) is 20.1. The van der Waals surface area contributed by atoms with Crippen LogP contribution < -0.4 is 15.1 Å². The van der Waals surface area contributed by atoms with E-state index in [-0.39, 0.29) is 15.8 Å². The number of hydrogen-bond acceptors (Lipinski definition) is 3. The largest absolute Gasteiger partial charge is 0.598 e. The first-order chi connectivity index (χ1) is 14.5. The van der Waals surface area contributed by atoms with Gasteiger partial charge in [0.2, 0.25) is 0 Å². The van der Waals surface area contributed by atoms with E-state index in [1.165, 1.54) is 10.4 Å². The Kier molecular flexibility index (Phi) is 7.44. The van der Waals surface area contributed by atoms with Crippen molar-refractivity contribution in [2.75, 3.05) is 6.61 Å². The van der Waals surface area contributed by atoms with Crippen molar-refractivity contribution in [2.24, 2.45) is 11.8 Å². The van der Waals surface area contributed by atoms with Gasteiger partial charge < -0.3 is 8.98 Å². The Hall–Kier alpha value is -1.11. The second kappa shape index (κ2) is 9.40. The minimum atomic E-state index is -2.48. The fourth-order valence-electron chi connectivity index (χ4n) is 4.50. The van der Waals surface area contributed by atoms with Gasteiger partial charge in [0.1, 0.15) is 4.75 Å². The number of benzene rings is 2. The molecule has 170 valence electrons. The normalized spacial score (nSPS) is 21.5. The lowest BCUT2D eigenvalue weighted by molar-refractivity contribution is 0.270. The third kappa shape index (κ3) is 5.45. The van der Waals surface area contributed by atoms with Crippen molar-refractivity contribution in [3.63, 3.8) is 0 Å². The summed E-state index contributed by atoms with van der Waals surface area (Å²) in [6, 6.07) is 21.9. The Balaban J connectivity index is 1.80. The summed E-state index contributed by atoms with van der Waals surface area (Å²) in [5, 5.41) is 2.65. The van der Waals surface area contributed by atoms with Gasteiger partial charge in [-0.1, -0.05) is 81.4 Å². The highest BCUT2D eigenvalue weighted by Gasteiger charge is 2.52. The molecule has 0 radical (unpaired) electrons. The molecular formula is C26H39NO2SSi. The average Bonchev–Trinajstić information content (AvgIpc) is 3.48. The van der Waals surface area contributed by atoms with Crippen molar-refractivity contribution in [1.82, 2.24) is 4.72 Å². The van der Waals surface area contributed by atoms with Gasteiger partial charge in [-0.15, -0.1) is 4.72 Å². The van der Waals surface area contributed by atoms with Crippen LogP contribution in [0.1, 0.15) is 54.9 Å². The Morgan fingerprint density at radius 1 is 0.968 bits per heavy atom. The van der Waals surface area contributed by atoms with Crippen LogP contribution in [-0.4, -0.2) is 30.3 Å². The zero-order valence-corrected chi connectivity index (χ0v) is 22.0. The topological polar surface area (TPSA) is 44.3 Å². The van der Waals surface area contributed by atoms with Crippen molar-refractivity contribution < 1.29 is 8.98 Å². The van der Waals surface area contributed by atoms with Crippen molar-refractivity contribution >= 4 is 30.1 Å². The Labute approximate surface area is 193 Å². The molecule has 1 fully saturated rings. The molecule has 2 aromatic rings. The van der Waals surface area contributed by atoms with E-state index in [0.717, 1.165) is 13.0 Å². The Morgan fingerprint density at radius 3 is 1.87 bits per heavy atom. The van der Waals surface area contributed by atoms with Gasteiger partial charge in [-0.2, -0.15) is 0 Å². The molecule has 1 aliphatic rings. The summed E-state index contributed by atoms with van der Waals surface area (Å²) in [6.07, 6.45) is 1.13. The zero-order chi connectivity index (χ0) is 22.9. The van der Waals surface area contributed by atoms with E-state index in [0.29, 0.717) is 11.8 Å². The average molecular weight is 458 g/mol. The summed E-state index contributed by atoms with van der Waals surface area (Å²) in [4.78, 5) is 0. The van der Waals surface area contributed by atoms with E-state index in [4.69, 9.17) is 4.43 Å². The molecule has 1 saturated carbocycles. The second-order valence-electron chi connectivity index (χ2n) is 10.9. The van der Waals surface area contributed by atoms with E-state index < -0.39 is 19.7 Å². The first-order valence-corrected chi connectivity index (χ1v) is 14.5. The molecule has 0 saturated heterocycles. The maximum Gasteiger partial charge on any atom is 0.261 e. The van der Waals surface area contributed by atoms with Gasteiger partial charge in [0.25, 0.3) is 8.32 Å². The molecule has 1 aliphatic carbocycles. The fourth-order valence-corrected chi connectivity index (χ4v) is 9.99. The minimum Gasteiger partial charge on any atom is -0.598 e.